The number of amides is 1. The summed E-state index contributed by atoms with van der Waals surface area (Å²) < 4.78 is 40.6. The average molecular weight is 532 g/mol. The minimum absolute atomic E-state index is 0.0646. The monoisotopic (exact) mass is 531 g/mol. The molecule has 0 bridgehead atoms. The van der Waals surface area contributed by atoms with Crippen LogP contribution in [0.4, 0.5) is 24.5 Å². The second kappa shape index (κ2) is 11.0. The summed E-state index contributed by atoms with van der Waals surface area (Å²) in [5.74, 6) is 0.0401. The molecule has 4 aromatic rings. The molecule has 0 atom stereocenters. The second-order valence-electron chi connectivity index (χ2n) is 7.85. The molecule has 0 saturated heterocycles. The van der Waals surface area contributed by atoms with Crippen molar-refractivity contribution in [3.05, 3.63) is 94.8 Å². The number of rotatable bonds is 8. The third kappa shape index (κ3) is 6.58. The van der Waals surface area contributed by atoms with E-state index in [0.717, 1.165) is 35.1 Å². The van der Waals surface area contributed by atoms with Gasteiger partial charge in [-0.3, -0.25) is 9.36 Å². The van der Waals surface area contributed by atoms with E-state index >= 15 is 0 Å². The molecule has 2 N–H and O–H groups in total. The van der Waals surface area contributed by atoms with E-state index in [1.807, 2.05) is 37.3 Å². The molecule has 0 fully saturated rings. The van der Waals surface area contributed by atoms with E-state index in [0.29, 0.717) is 28.2 Å². The van der Waals surface area contributed by atoms with Crippen molar-refractivity contribution >= 4 is 40.6 Å². The van der Waals surface area contributed by atoms with Crippen molar-refractivity contribution in [3.63, 3.8) is 0 Å². The summed E-state index contributed by atoms with van der Waals surface area (Å²) in [6.45, 7) is 2.37. The number of aromatic nitrogens is 3. The Labute approximate surface area is 214 Å². The molecule has 4 rings (SSSR count). The molecule has 0 spiro atoms. The number of hydrogen-bond donors (Lipinski definition) is 2. The lowest BCUT2D eigenvalue weighted by Gasteiger charge is -2.12. The first-order valence-corrected chi connectivity index (χ1v) is 12.2. The summed E-state index contributed by atoms with van der Waals surface area (Å²) in [4.78, 5) is 12.5. The highest BCUT2D eigenvalue weighted by Gasteiger charge is 2.30. The predicted molar refractivity (Wildman–Crippen MR) is 136 cm³/mol. The molecular weight excluding hydrogens is 511 g/mol. The molecule has 1 heterocycles. The highest BCUT2D eigenvalue weighted by Crippen LogP contribution is 2.31. The lowest BCUT2D eigenvalue weighted by molar-refractivity contribution is -0.137. The van der Waals surface area contributed by atoms with Crippen LogP contribution in [-0.2, 0) is 17.5 Å². The SMILES string of the molecule is Cc1ccc(NCc2nnc(SCC(=O)Nc3cccc(C(F)(F)F)c3)n2-c2cccc(Cl)c2)cc1. The van der Waals surface area contributed by atoms with Gasteiger partial charge in [0.1, 0.15) is 0 Å². The molecular formula is C25H21ClF3N5OS. The fourth-order valence-electron chi connectivity index (χ4n) is 3.34. The molecule has 36 heavy (non-hydrogen) atoms. The Morgan fingerprint density at radius 1 is 1.00 bits per heavy atom. The molecule has 186 valence electrons. The molecule has 3 aromatic carbocycles. The van der Waals surface area contributed by atoms with Gasteiger partial charge in [0.2, 0.25) is 5.91 Å². The molecule has 0 unspecified atom stereocenters. The van der Waals surface area contributed by atoms with Gasteiger partial charge in [0.15, 0.2) is 11.0 Å². The number of nitrogens with zero attached hydrogens (tertiary/aromatic N) is 3. The molecule has 1 aromatic heterocycles. The largest absolute Gasteiger partial charge is 0.416 e. The Morgan fingerprint density at radius 3 is 2.47 bits per heavy atom. The van der Waals surface area contributed by atoms with Crippen LogP contribution < -0.4 is 10.6 Å². The Bertz CT molecular complexity index is 1360. The Kier molecular flexibility index (Phi) is 7.85. The Balaban J connectivity index is 1.50. The van der Waals surface area contributed by atoms with Crippen LogP contribution in [0, 0.1) is 6.92 Å². The predicted octanol–water partition coefficient (Wildman–Crippen LogP) is 6.59. The zero-order valence-electron chi connectivity index (χ0n) is 19.0. The van der Waals surface area contributed by atoms with Gasteiger partial charge in [-0.05, 0) is 55.5 Å². The highest BCUT2D eigenvalue weighted by molar-refractivity contribution is 7.99. The maximum absolute atomic E-state index is 13.0. The Morgan fingerprint density at radius 2 is 1.75 bits per heavy atom. The summed E-state index contributed by atoms with van der Waals surface area (Å²) >= 11 is 7.31. The highest BCUT2D eigenvalue weighted by atomic mass is 35.5. The maximum atomic E-state index is 13.0. The number of benzene rings is 3. The van der Waals surface area contributed by atoms with Crippen LogP contribution in [0.1, 0.15) is 17.0 Å². The summed E-state index contributed by atoms with van der Waals surface area (Å²) in [6.07, 6.45) is -4.49. The van der Waals surface area contributed by atoms with Gasteiger partial charge in [-0.25, -0.2) is 0 Å². The van der Waals surface area contributed by atoms with E-state index < -0.39 is 17.6 Å². The van der Waals surface area contributed by atoms with Gasteiger partial charge in [-0.2, -0.15) is 13.2 Å². The van der Waals surface area contributed by atoms with E-state index in [9.17, 15) is 18.0 Å². The number of thioether (sulfide) groups is 1. The average Bonchev–Trinajstić information content (AvgIpc) is 3.25. The quantitative estimate of drug-likeness (QED) is 0.251. The van der Waals surface area contributed by atoms with Crippen molar-refractivity contribution in [3.8, 4) is 5.69 Å². The number of alkyl halides is 3. The van der Waals surface area contributed by atoms with Crippen molar-refractivity contribution in [1.29, 1.82) is 0 Å². The third-order valence-corrected chi connectivity index (χ3v) is 6.24. The minimum Gasteiger partial charge on any atom is -0.378 e. The lowest BCUT2D eigenvalue weighted by Crippen LogP contribution is -2.15. The zero-order chi connectivity index (χ0) is 25.7. The van der Waals surface area contributed by atoms with Crippen LogP contribution in [-0.4, -0.2) is 26.4 Å². The fourth-order valence-corrected chi connectivity index (χ4v) is 4.29. The number of aryl methyl sites for hydroxylation is 1. The van der Waals surface area contributed by atoms with Gasteiger partial charge in [0.05, 0.1) is 23.5 Å². The second-order valence-corrected chi connectivity index (χ2v) is 9.23. The maximum Gasteiger partial charge on any atom is 0.416 e. The van der Waals surface area contributed by atoms with Gasteiger partial charge >= 0.3 is 6.18 Å². The first kappa shape index (κ1) is 25.6. The van der Waals surface area contributed by atoms with Gasteiger partial charge < -0.3 is 10.6 Å². The molecule has 1 amide bonds. The fraction of sp³-hybridized carbons (Fsp3) is 0.160. The Hall–Kier alpha value is -3.50. The standard InChI is InChI=1S/C25H21ClF3N5OS/c1-16-8-10-19(11-9-16)30-14-22-32-33-24(34(22)21-7-3-5-18(26)13-21)36-15-23(35)31-20-6-2-4-17(12-20)25(27,28)29/h2-13,30H,14-15H2,1H3,(H,31,35). The van der Waals surface area contributed by atoms with Crippen LogP contribution in [0.5, 0.6) is 0 Å². The molecule has 0 radical (unpaired) electrons. The van der Waals surface area contributed by atoms with Crippen LogP contribution in [0.3, 0.4) is 0 Å². The molecule has 0 aliphatic rings. The summed E-state index contributed by atoms with van der Waals surface area (Å²) in [5, 5.41) is 15.3. The smallest absolute Gasteiger partial charge is 0.378 e. The zero-order valence-corrected chi connectivity index (χ0v) is 20.6. The summed E-state index contributed by atoms with van der Waals surface area (Å²) in [5.41, 5.74) is 2.00. The number of carbonyl (C=O) groups is 1. The van der Waals surface area contributed by atoms with Crippen molar-refractivity contribution < 1.29 is 18.0 Å². The molecule has 6 nitrogen and oxygen atoms in total. The first-order chi connectivity index (χ1) is 17.2. The van der Waals surface area contributed by atoms with Gasteiger partial charge in [-0.1, -0.05) is 53.2 Å². The van der Waals surface area contributed by atoms with E-state index in [1.165, 1.54) is 12.1 Å². The van der Waals surface area contributed by atoms with Gasteiger partial charge in [0.25, 0.3) is 0 Å². The number of hydrogen-bond acceptors (Lipinski definition) is 5. The third-order valence-electron chi connectivity index (χ3n) is 5.07. The molecule has 0 aliphatic heterocycles. The van der Waals surface area contributed by atoms with E-state index in [2.05, 4.69) is 20.8 Å². The summed E-state index contributed by atoms with van der Waals surface area (Å²) in [7, 11) is 0. The number of carbonyl (C=O) groups excluding carboxylic acids is 1. The van der Waals surface area contributed by atoms with Crippen LogP contribution in [0.15, 0.2) is 78.0 Å². The molecule has 11 heteroatoms. The van der Waals surface area contributed by atoms with Crippen molar-refractivity contribution in [2.75, 3.05) is 16.4 Å². The van der Waals surface area contributed by atoms with E-state index in [-0.39, 0.29) is 11.4 Å². The van der Waals surface area contributed by atoms with Crippen molar-refractivity contribution in [2.45, 2.75) is 24.8 Å². The van der Waals surface area contributed by atoms with Crippen molar-refractivity contribution in [1.82, 2.24) is 14.8 Å². The lowest BCUT2D eigenvalue weighted by atomic mass is 10.2. The number of halogens is 4. The van der Waals surface area contributed by atoms with Crippen LogP contribution in [0.25, 0.3) is 5.69 Å². The first-order valence-electron chi connectivity index (χ1n) is 10.8. The number of anilines is 2. The van der Waals surface area contributed by atoms with Gasteiger partial charge in [-0.15, -0.1) is 10.2 Å². The molecule has 0 aliphatic carbocycles. The number of nitrogens with one attached hydrogen (secondary N) is 2. The minimum atomic E-state index is -4.49. The topological polar surface area (TPSA) is 71.8 Å². The van der Waals surface area contributed by atoms with Gasteiger partial charge in [0, 0.05) is 16.4 Å². The summed E-state index contributed by atoms with van der Waals surface area (Å²) in [6, 6.07) is 19.5. The van der Waals surface area contributed by atoms with E-state index in [4.69, 9.17) is 11.6 Å². The van der Waals surface area contributed by atoms with Crippen LogP contribution >= 0.6 is 23.4 Å². The molecule has 0 saturated carbocycles. The normalized spacial score (nSPS) is 11.4. The van der Waals surface area contributed by atoms with E-state index in [1.54, 1.807) is 22.8 Å². The van der Waals surface area contributed by atoms with Crippen LogP contribution in [0.2, 0.25) is 5.02 Å². The van der Waals surface area contributed by atoms with Crippen molar-refractivity contribution in [2.24, 2.45) is 0 Å².